The lowest BCUT2D eigenvalue weighted by molar-refractivity contribution is 0.412. The number of halogens is 3. The van der Waals surface area contributed by atoms with Crippen LogP contribution in [-0.4, -0.2) is 7.11 Å². The summed E-state index contributed by atoms with van der Waals surface area (Å²) in [7, 11) is 1.53. The highest BCUT2D eigenvalue weighted by atomic mass is 79.9. The van der Waals surface area contributed by atoms with Gasteiger partial charge in [0, 0.05) is 0 Å². The van der Waals surface area contributed by atoms with E-state index in [1.54, 1.807) is 12.1 Å². The molecule has 0 heterocycles. The minimum absolute atomic E-state index is 0.314. The van der Waals surface area contributed by atoms with E-state index in [1.165, 1.54) is 7.11 Å². The average Bonchev–Trinajstić information content (AvgIpc) is 1.99. The molecule has 1 aromatic carbocycles. The minimum Gasteiger partial charge on any atom is -0.497 e. The summed E-state index contributed by atoms with van der Waals surface area (Å²) in [6, 6.07) is 3.14. The first-order valence-corrected chi connectivity index (χ1v) is 4.42. The number of rotatable bonds is 1. The molecule has 0 saturated carbocycles. The summed E-state index contributed by atoms with van der Waals surface area (Å²) in [4.78, 5) is 0. The molecule has 4 heteroatoms. The van der Waals surface area contributed by atoms with Gasteiger partial charge in [0.1, 0.15) is 5.75 Å². The molecule has 0 amide bonds. The van der Waals surface area contributed by atoms with Gasteiger partial charge in [-0.05, 0) is 44.0 Å². The molecule has 0 aliphatic carbocycles. The van der Waals surface area contributed by atoms with E-state index in [1.807, 2.05) is 0 Å². The van der Waals surface area contributed by atoms with Crippen LogP contribution in [0.2, 0.25) is 0 Å². The summed E-state index contributed by atoms with van der Waals surface area (Å²) in [5.41, 5.74) is 0. The monoisotopic (exact) mass is 282 g/mol. The smallest absolute Gasteiger partial charge is 0.151 e. The summed E-state index contributed by atoms with van der Waals surface area (Å²) in [5, 5.41) is 0. The van der Waals surface area contributed by atoms with Crippen LogP contribution >= 0.6 is 31.9 Å². The number of ether oxygens (including phenoxy) is 1. The maximum absolute atomic E-state index is 12.9. The second kappa shape index (κ2) is 3.54. The molecule has 1 rings (SSSR count). The Morgan fingerprint density at radius 1 is 1.27 bits per heavy atom. The molecular formula is C7H5Br2FO. The zero-order valence-electron chi connectivity index (χ0n) is 5.70. The van der Waals surface area contributed by atoms with Crippen molar-refractivity contribution >= 4 is 31.9 Å². The average molecular weight is 284 g/mol. The molecule has 0 spiro atoms. The molecule has 0 unspecified atom stereocenters. The van der Waals surface area contributed by atoms with Gasteiger partial charge in [-0.2, -0.15) is 0 Å². The molecule has 0 bridgehead atoms. The van der Waals surface area contributed by atoms with Gasteiger partial charge in [0.15, 0.2) is 5.82 Å². The third-order valence-corrected chi connectivity index (χ3v) is 2.35. The van der Waals surface area contributed by atoms with Crippen molar-refractivity contribution < 1.29 is 9.13 Å². The van der Waals surface area contributed by atoms with E-state index < -0.39 is 0 Å². The first kappa shape index (κ1) is 9.00. The van der Waals surface area contributed by atoms with E-state index in [9.17, 15) is 4.39 Å². The van der Waals surface area contributed by atoms with Crippen molar-refractivity contribution in [2.24, 2.45) is 0 Å². The van der Waals surface area contributed by atoms with Crippen molar-refractivity contribution in [1.82, 2.24) is 0 Å². The zero-order chi connectivity index (χ0) is 8.43. The zero-order valence-corrected chi connectivity index (χ0v) is 8.87. The van der Waals surface area contributed by atoms with Gasteiger partial charge in [-0.3, -0.25) is 0 Å². The molecule has 1 nitrogen and oxygen atoms in total. The maximum Gasteiger partial charge on any atom is 0.151 e. The van der Waals surface area contributed by atoms with Gasteiger partial charge in [0.25, 0.3) is 0 Å². The molecule has 1 aromatic rings. The fourth-order valence-corrected chi connectivity index (χ4v) is 1.79. The van der Waals surface area contributed by atoms with Crippen LogP contribution < -0.4 is 4.74 Å². The van der Waals surface area contributed by atoms with Gasteiger partial charge >= 0.3 is 0 Å². The normalized spacial score (nSPS) is 9.82. The highest BCUT2D eigenvalue weighted by Crippen LogP contribution is 2.28. The van der Waals surface area contributed by atoms with Gasteiger partial charge in [0.2, 0.25) is 0 Å². The minimum atomic E-state index is -0.314. The predicted molar refractivity (Wildman–Crippen MR) is 48.4 cm³/mol. The third kappa shape index (κ3) is 1.93. The molecule has 0 radical (unpaired) electrons. The van der Waals surface area contributed by atoms with E-state index >= 15 is 0 Å². The van der Waals surface area contributed by atoms with Gasteiger partial charge in [0.05, 0.1) is 16.1 Å². The second-order valence-corrected chi connectivity index (χ2v) is 3.61. The topological polar surface area (TPSA) is 9.23 Å². The van der Waals surface area contributed by atoms with Crippen molar-refractivity contribution in [1.29, 1.82) is 0 Å². The first-order chi connectivity index (χ1) is 5.15. The molecule has 0 aromatic heterocycles. The van der Waals surface area contributed by atoms with E-state index in [2.05, 4.69) is 31.9 Å². The lowest BCUT2D eigenvalue weighted by atomic mass is 10.3. The fourth-order valence-electron chi connectivity index (χ4n) is 0.650. The van der Waals surface area contributed by atoms with Crippen LogP contribution in [0.3, 0.4) is 0 Å². The van der Waals surface area contributed by atoms with E-state index in [0.29, 0.717) is 14.7 Å². The number of hydrogen-bond acceptors (Lipinski definition) is 1. The molecule has 0 saturated heterocycles. The van der Waals surface area contributed by atoms with Crippen molar-refractivity contribution in [3.63, 3.8) is 0 Å². The van der Waals surface area contributed by atoms with Gasteiger partial charge in [-0.1, -0.05) is 0 Å². The number of methoxy groups -OCH3 is 1. The summed E-state index contributed by atoms with van der Waals surface area (Å²) < 4.78 is 18.6. The number of benzene rings is 1. The molecule has 0 aliphatic rings. The highest BCUT2D eigenvalue weighted by Gasteiger charge is 2.05. The molecule has 60 valence electrons. The highest BCUT2D eigenvalue weighted by molar-refractivity contribution is 9.11. The summed E-state index contributed by atoms with van der Waals surface area (Å²) in [6.07, 6.45) is 0. The van der Waals surface area contributed by atoms with Crippen LogP contribution in [0.5, 0.6) is 5.75 Å². The quantitative estimate of drug-likeness (QED) is 0.718. The molecule has 0 atom stereocenters. The Morgan fingerprint density at radius 3 is 2.09 bits per heavy atom. The first-order valence-electron chi connectivity index (χ1n) is 2.83. The van der Waals surface area contributed by atoms with Crippen molar-refractivity contribution in [2.75, 3.05) is 7.11 Å². The summed E-state index contributed by atoms with van der Waals surface area (Å²) in [5.74, 6) is 0.302. The van der Waals surface area contributed by atoms with Crippen LogP contribution in [0.15, 0.2) is 21.1 Å². The van der Waals surface area contributed by atoms with Crippen molar-refractivity contribution in [2.45, 2.75) is 0 Å². The summed E-state index contributed by atoms with van der Waals surface area (Å²) >= 11 is 6.11. The third-order valence-electron chi connectivity index (χ3n) is 1.19. The molecule has 0 aliphatic heterocycles. The Hall–Kier alpha value is -0.0900. The molecule has 11 heavy (non-hydrogen) atoms. The number of hydrogen-bond donors (Lipinski definition) is 0. The standard InChI is InChI=1S/C7H5Br2FO/c1-11-4-2-5(8)7(10)6(9)3-4/h2-3H,1H3. The predicted octanol–water partition coefficient (Wildman–Crippen LogP) is 3.36. The fraction of sp³-hybridized carbons (Fsp3) is 0.143. The van der Waals surface area contributed by atoms with Crippen molar-refractivity contribution in [3.05, 3.63) is 26.9 Å². The lowest BCUT2D eigenvalue weighted by Gasteiger charge is -2.02. The summed E-state index contributed by atoms with van der Waals surface area (Å²) in [6.45, 7) is 0. The van der Waals surface area contributed by atoms with E-state index in [4.69, 9.17) is 4.74 Å². The largest absolute Gasteiger partial charge is 0.497 e. The van der Waals surface area contributed by atoms with Crippen LogP contribution in [0.1, 0.15) is 0 Å². The van der Waals surface area contributed by atoms with Gasteiger partial charge < -0.3 is 4.74 Å². The Bertz CT molecular complexity index is 252. The Kier molecular flexibility index (Phi) is 2.90. The lowest BCUT2D eigenvalue weighted by Crippen LogP contribution is -1.85. The van der Waals surface area contributed by atoms with Gasteiger partial charge in [-0.25, -0.2) is 4.39 Å². The molecule has 0 N–H and O–H groups in total. The molecule has 0 fully saturated rings. The molecular weight excluding hydrogens is 279 g/mol. The van der Waals surface area contributed by atoms with Crippen molar-refractivity contribution in [3.8, 4) is 5.75 Å². The van der Waals surface area contributed by atoms with Crippen LogP contribution in [0.4, 0.5) is 4.39 Å². The van der Waals surface area contributed by atoms with Crippen LogP contribution in [0.25, 0.3) is 0 Å². The Labute approximate surface area is 80.8 Å². The van der Waals surface area contributed by atoms with E-state index in [-0.39, 0.29) is 5.82 Å². The second-order valence-electron chi connectivity index (χ2n) is 1.91. The van der Waals surface area contributed by atoms with Crippen LogP contribution in [-0.2, 0) is 0 Å². The van der Waals surface area contributed by atoms with Crippen LogP contribution in [0, 0.1) is 5.82 Å². The van der Waals surface area contributed by atoms with E-state index in [0.717, 1.165) is 0 Å². The Balaban J connectivity index is 3.21. The Morgan fingerprint density at radius 2 is 1.73 bits per heavy atom. The maximum atomic E-state index is 12.9. The SMILES string of the molecule is COc1cc(Br)c(F)c(Br)c1. The van der Waals surface area contributed by atoms with Gasteiger partial charge in [-0.15, -0.1) is 0 Å².